The van der Waals surface area contributed by atoms with Crippen LogP contribution in [0.5, 0.6) is 5.75 Å². The zero-order valence-electron chi connectivity index (χ0n) is 15.3. The summed E-state index contributed by atoms with van der Waals surface area (Å²) in [4.78, 5) is 25.0. The number of carbonyl (C=O) groups excluding carboxylic acids is 2. The molecule has 0 radical (unpaired) electrons. The normalized spacial score (nSPS) is 16.7. The Morgan fingerprint density at radius 1 is 1.22 bits per heavy atom. The van der Waals surface area contributed by atoms with E-state index in [0.29, 0.717) is 24.8 Å². The van der Waals surface area contributed by atoms with Crippen LogP contribution in [0, 0.1) is 11.7 Å². The van der Waals surface area contributed by atoms with Crippen molar-refractivity contribution >= 4 is 23.9 Å². The van der Waals surface area contributed by atoms with Gasteiger partial charge >= 0.3 is 6.03 Å². The molecule has 0 atom stereocenters. The standard InChI is InChI=1S/C19H26FN3O3S/c20-16-8-7-15(11-17(16)26-13-14-5-6-14)27-21-9-3-1-2-4-10-23-12-18(24)22-19(23)25/h7-8,11,14,21H,1-6,9-10,12-13H2,(H,22,24,25). The van der Waals surface area contributed by atoms with Gasteiger partial charge in [0.15, 0.2) is 11.6 Å². The lowest BCUT2D eigenvalue weighted by atomic mass is 10.2. The van der Waals surface area contributed by atoms with Crippen LogP contribution in [0.3, 0.4) is 0 Å². The number of benzene rings is 1. The molecule has 1 aliphatic carbocycles. The lowest BCUT2D eigenvalue weighted by Crippen LogP contribution is -2.29. The summed E-state index contributed by atoms with van der Waals surface area (Å²) in [5.74, 6) is 0.397. The van der Waals surface area contributed by atoms with Crippen LogP contribution in [0.25, 0.3) is 0 Å². The second-order valence-corrected chi connectivity index (χ2v) is 8.00. The summed E-state index contributed by atoms with van der Waals surface area (Å²) in [6, 6.07) is 4.67. The molecular formula is C19H26FN3O3S. The largest absolute Gasteiger partial charge is 0.490 e. The Kier molecular flexibility index (Phi) is 7.34. The van der Waals surface area contributed by atoms with E-state index in [1.165, 1.54) is 30.9 Å². The van der Waals surface area contributed by atoms with E-state index in [4.69, 9.17) is 4.74 Å². The van der Waals surface area contributed by atoms with Crippen molar-refractivity contribution in [1.82, 2.24) is 14.9 Å². The Morgan fingerprint density at radius 3 is 2.78 bits per heavy atom. The van der Waals surface area contributed by atoms with Crippen molar-refractivity contribution < 1.29 is 18.7 Å². The van der Waals surface area contributed by atoms with Gasteiger partial charge in [-0.25, -0.2) is 9.18 Å². The first-order chi connectivity index (χ1) is 13.1. The van der Waals surface area contributed by atoms with Gasteiger partial charge in [-0.15, -0.1) is 0 Å². The van der Waals surface area contributed by atoms with Gasteiger partial charge in [-0.1, -0.05) is 12.8 Å². The molecule has 3 rings (SSSR count). The Hall–Kier alpha value is -1.80. The number of rotatable bonds is 12. The highest BCUT2D eigenvalue weighted by atomic mass is 32.2. The minimum atomic E-state index is -0.312. The van der Waals surface area contributed by atoms with Crippen LogP contribution in [0.4, 0.5) is 9.18 Å². The molecule has 148 valence electrons. The summed E-state index contributed by atoms with van der Waals surface area (Å²) in [5, 5.41) is 2.28. The van der Waals surface area contributed by atoms with Gasteiger partial charge in [-0.3, -0.25) is 14.8 Å². The third-order valence-corrected chi connectivity index (χ3v) is 5.43. The molecule has 3 amide bonds. The number of nitrogens with one attached hydrogen (secondary N) is 2. The number of urea groups is 1. The fourth-order valence-corrected chi connectivity index (χ4v) is 3.52. The number of imide groups is 1. The number of amides is 3. The van der Waals surface area contributed by atoms with Gasteiger partial charge in [0.1, 0.15) is 6.54 Å². The van der Waals surface area contributed by atoms with Crippen LogP contribution < -0.4 is 14.8 Å². The average Bonchev–Trinajstić information content (AvgIpc) is 3.41. The van der Waals surface area contributed by atoms with E-state index >= 15 is 0 Å². The molecule has 6 nitrogen and oxygen atoms in total. The predicted octanol–water partition coefficient (Wildman–Crippen LogP) is 3.32. The number of ether oxygens (including phenoxy) is 1. The van der Waals surface area contributed by atoms with Gasteiger partial charge in [0.25, 0.3) is 0 Å². The van der Waals surface area contributed by atoms with Gasteiger partial charge in [0, 0.05) is 18.0 Å². The maximum Gasteiger partial charge on any atom is 0.324 e. The maximum atomic E-state index is 13.8. The number of hydrogen-bond donors (Lipinski definition) is 2. The maximum absolute atomic E-state index is 13.8. The summed E-state index contributed by atoms with van der Waals surface area (Å²) in [6.07, 6.45) is 6.34. The molecular weight excluding hydrogens is 369 g/mol. The first-order valence-corrected chi connectivity index (χ1v) is 10.3. The molecule has 0 bridgehead atoms. The molecule has 1 heterocycles. The summed E-state index contributed by atoms with van der Waals surface area (Å²) in [6.45, 7) is 2.26. The highest BCUT2D eigenvalue weighted by Crippen LogP contribution is 2.31. The molecule has 2 fully saturated rings. The minimum absolute atomic E-state index is 0.182. The summed E-state index contributed by atoms with van der Waals surface area (Å²) in [7, 11) is 0. The number of unbranched alkanes of at least 4 members (excludes halogenated alkanes) is 3. The molecule has 2 N–H and O–H groups in total. The van der Waals surface area contributed by atoms with Crippen molar-refractivity contribution in [3.05, 3.63) is 24.0 Å². The summed E-state index contributed by atoms with van der Waals surface area (Å²) < 4.78 is 22.6. The molecule has 27 heavy (non-hydrogen) atoms. The van der Waals surface area contributed by atoms with E-state index in [9.17, 15) is 14.0 Å². The monoisotopic (exact) mass is 395 g/mol. The van der Waals surface area contributed by atoms with Crippen LogP contribution in [-0.2, 0) is 4.79 Å². The van der Waals surface area contributed by atoms with Crippen LogP contribution >= 0.6 is 11.9 Å². The van der Waals surface area contributed by atoms with Gasteiger partial charge in [-0.05, 0) is 61.7 Å². The summed E-state index contributed by atoms with van der Waals surface area (Å²) >= 11 is 1.48. The van der Waals surface area contributed by atoms with E-state index in [1.54, 1.807) is 17.0 Å². The topological polar surface area (TPSA) is 70.7 Å². The molecule has 0 aromatic heterocycles. The highest BCUT2D eigenvalue weighted by Gasteiger charge is 2.25. The molecule has 0 spiro atoms. The Morgan fingerprint density at radius 2 is 2.04 bits per heavy atom. The molecule has 1 aromatic rings. The highest BCUT2D eigenvalue weighted by molar-refractivity contribution is 7.97. The van der Waals surface area contributed by atoms with Gasteiger partial charge in [0.2, 0.25) is 5.91 Å². The smallest absolute Gasteiger partial charge is 0.324 e. The molecule has 0 unspecified atom stereocenters. The quantitative estimate of drug-likeness (QED) is 0.323. The zero-order valence-corrected chi connectivity index (χ0v) is 16.2. The number of halogens is 1. The van der Waals surface area contributed by atoms with Crippen molar-refractivity contribution in [2.45, 2.75) is 43.4 Å². The number of hydrogen-bond acceptors (Lipinski definition) is 5. The second kappa shape index (κ2) is 9.94. The Labute approximate surface area is 163 Å². The minimum Gasteiger partial charge on any atom is -0.490 e. The van der Waals surface area contributed by atoms with E-state index in [-0.39, 0.29) is 24.3 Å². The van der Waals surface area contributed by atoms with Crippen molar-refractivity contribution in [3.8, 4) is 5.75 Å². The van der Waals surface area contributed by atoms with Crippen molar-refractivity contribution in [2.75, 3.05) is 26.2 Å². The van der Waals surface area contributed by atoms with Crippen molar-refractivity contribution in [1.29, 1.82) is 0 Å². The third kappa shape index (κ3) is 6.70. The fraction of sp³-hybridized carbons (Fsp3) is 0.579. The van der Waals surface area contributed by atoms with Crippen molar-refractivity contribution in [2.24, 2.45) is 5.92 Å². The molecule has 2 aliphatic rings. The molecule has 1 aliphatic heterocycles. The molecule has 8 heteroatoms. The molecule has 1 saturated heterocycles. The van der Waals surface area contributed by atoms with E-state index < -0.39 is 0 Å². The van der Waals surface area contributed by atoms with Crippen LogP contribution in [0.15, 0.2) is 23.1 Å². The SMILES string of the molecule is O=C1CN(CCCCCCNSc2ccc(F)c(OCC3CC3)c2)C(=O)N1. The van der Waals surface area contributed by atoms with Crippen LogP contribution in [0.1, 0.15) is 38.5 Å². The lowest BCUT2D eigenvalue weighted by Gasteiger charge is -2.12. The first-order valence-electron chi connectivity index (χ1n) is 9.52. The Bertz CT molecular complexity index is 670. The number of carbonyl (C=O) groups is 2. The van der Waals surface area contributed by atoms with Crippen LogP contribution in [0.2, 0.25) is 0 Å². The van der Waals surface area contributed by atoms with Gasteiger partial charge in [0.05, 0.1) is 6.61 Å². The first kappa shape index (κ1) is 19.9. The van der Waals surface area contributed by atoms with E-state index in [2.05, 4.69) is 10.0 Å². The summed E-state index contributed by atoms with van der Waals surface area (Å²) in [5.41, 5.74) is 0. The van der Waals surface area contributed by atoms with Gasteiger partial charge < -0.3 is 9.64 Å². The Balaban J connectivity index is 1.24. The van der Waals surface area contributed by atoms with E-state index in [0.717, 1.165) is 37.1 Å². The second-order valence-electron chi connectivity index (χ2n) is 7.03. The predicted molar refractivity (Wildman–Crippen MR) is 102 cm³/mol. The molecule has 1 aromatic carbocycles. The fourth-order valence-electron chi connectivity index (χ4n) is 2.80. The zero-order chi connectivity index (χ0) is 19.1. The van der Waals surface area contributed by atoms with E-state index in [1.807, 2.05) is 0 Å². The average molecular weight is 396 g/mol. The van der Waals surface area contributed by atoms with Crippen molar-refractivity contribution in [3.63, 3.8) is 0 Å². The van der Waals surface area contributed by atoms with Gasteiger partial charge in [-0.2, -0.15) is 0 Å². The molecule has 1 saturated carbocycles. The third-order valence-electron chi connectivity index (χ3n) is 4.59. The van der Waals surface area contributed by atoms with Crippen LogP contribution in [-0.4, -0.2) is 43.1 Å². The lowest BCUT2D eigenvalue weighted by molar-refractivity contribution is -0.118. The number of nitrogens with zero attached hydrogens (tertiary/aromatic N) is 1.